The molecule has 1 saturated heterocycles. The molecule has 0 aliphatic carbocycles. The number of amides is 1. The molecular formula is C33H49N3O4. The number of nitrogens with one attached hydrogen (secondary N) is 1. The Balaban J connectivity index is 1.53. The molecule has 0 saturated carbocycles. The van der Waals surface area contributed by atoms with E-state index in [-0.39, 0.29) is 29.9 Å². The Morgan fingerprint density at radius 2 is 1.82 bits per heavy atom. The molecule has 1 aliphatic heterocycles. The van der Waals surface area contributed by atoms with Gasteiger partial charge in [0, 0.05) is 36.8 Å². The van der Waals surface area contributed by atoms with Gasteiger partial charge in [-0.2, -0.15) is 5.06 Å². The van der Waals surface area contributed by atoms with Crippen molar-refractivity contribution in [1.29, 1.82) is 0 Å². The van der Waals surface area contributed by atoms with E-state index >= 15 is 0 Å². The van der Waals surface area contributed by atoms with Gasteiger partial charge in [-0.05, 0) is 99.3 Å². The highest BCUT2D eigenvalue weighted by atomic mass is 16.5. The molecule has 40 heavy (non-hydrogen) atoms. The molecule has 3 N–H and O–H groups in total. The number of anilines is 1. The van der Waals surface area contributed by atoms with E-state index < -0.39 is 5.60 Å². The highest BCUT2D eigenvalue weighted by Gasteiger charge is 2.37. The summed E-state index contributed by atoms with van der Waals surface area (Å²) >= 11 is 0. The molecule has 1 amide bonds. The van der Waals surface area contributed by atoms with Crippen LogP contribution in [0.2, 0.25) is 0 Å². The van der Waals surface area contributed by atoms with Crippen LogP contribution >= 0.6 is 0 Å². The number of aliphatic hydroxyl groups is 1. The van der Waals surface area contributed by atoms with Crippen LogP contribution in [0, 0.1) is 0 Å². The Labute approximate surface area is 240 Å². The van der Waals surface area contributed by atoms with Gasteiger partial charge in [0.2, 0.25) is 0 Å². The molecule has 3 rings (SSSR count). The number of hydrogen-bond donors (Lipinski definition) is 3. The van der Waals surface area contributed by atoms with Crippen molar-refractivity contribution in [3.63, 3.8) is 0 Å². The van der Waals surface area contributed by atoms with Crippen LogP contribution in [0.4, 0.5) is 5.69 Å². The molecular weight excluding hydrogens is 502 g/mol. The number of hydrogen-bond acceptors (Lipinski definition) is 6. The number of carbonyl (C=O) groups is 2. The van der Waals surface area contributed by atoms with E-state index in [2.05, 4.69) is 57.0 Å². The van der Waals surface area contributed by atoms with Gasteiger partial charge in [0.05, 0.1) is 0 Å². The Morgan fingerprint density at radius 3 is 2.50 bits per heavy atom. The van der Waals surface area contributed by atoms with Crippen molar-refractivity contribution in [3.05, 3.63) is 65.2 Å². The summed E-state index contributed by atoms with van der Waals surface area (Å²) in [5.74, 6) is -0.268. The fraction of sp³-hybridized carbons (Fsp3) is 0.576. The van der Waals surface area contributed by atoms with Gasteiger partial charge in [-0.15, -0.1) is 0 Å². The van der Waals surface area contributed by atoms with E-state index in [1.54, 1.807) is 0 Å². The molecule has 0 radical (unpaired) electrons. The topological polar surface area (TPSA) is 93.1 Å². The summed E-state index contributed by atoms with van der Waals surface area (Å²) in [7, 11) is 0. The minimum atomic E-state index is -1.32. The molecule has 220 valence electrons. The van der Waals surface area contributed by atoms with Crippen molar-refractivity contribution in [2.24, 2.45) is 0 Å². The second kappa shape index (κ2) is 14.4. The number of benzene rings is 2. The summed E-state index contributed by atoms with van der Waals surface area (Å²) in [5, 5.41) is 24.8. The number of Topliss-reactive ketones (excluding diaryl/α,β-unsaturated/α-hetero) is 1. The third-order valence-corrected chi connectivity index (χ3v) is 8.05. The molecule has 1 aliphatic rings. The molecule has 2 unspecified atom stereocenters. The van der Waals surface area contributed by atoms with Crippen LogP contribution in [0.3, 0.4) is 0 Å². The van der Waals surface area contributed by atoms with Gasteiger partial charge in [0.25, 0.3) is 5.91 Å². The lowest BCUT2D eigenvalue weighted by Crippen LogP contribution is -2.39. The third kappa shape index (κ3) is 9.23. The molecule has 2 atom stereocenters. The van der Waals surface area contributed by atoms with E-state index in [9.17, 15) is 19.9 Å². The van der Waals surface area contributed by atoms with Crippen molar-refractivity contribution in [1.82, 2.24) is 9.96 Å². The van der Waals surface area contributed by atoms with E-state index in [4.69, 9.17) is 0 Å². The lowest BCUT2D eigenvalue weighted by atomic mass is 9.87. The number of ketones is 1. The largest absolute Gasteiger partial charge is 0.382 e. The van der Waals surface area contributed by atoms with Gasteiger partial charge in [0.15, 0.2) is 5.78 Å². The maximum Gasteiger partial charge on any atom is 0.255 e. The smallest absolute Gasteiger partial charge is 0.255 e. The van der Waals surface area contributed by atoms with Crippen LogP contribution in [0.1, 0.15) is 94.6 Å². The highest BCUT2D eigenvalue weighted by Crippen LogP contribution is 2.25. The molecule has 0 aromatic heterocycles. The molecule has 1 heterocycles. The van der Waals surface area contributed by atoms with E-state index in [0.29, 0.717) is 31.1 Å². The standard InChI is InChI=1S/C33H49N3O4/c1-6-19-35(20-8-7-17-33(39)18-22-36(40)21-16-30(33)37)25(2)23-26-10-9-11-29(24-26)34-31(38)27-12-14-28(15-13-27)32(3,4)5/h9-15,24-25,39-40H,6-8,16-23H2,1-5H3,(H,34,38). The van der Waals surface area contributed by atoms with Crippen LogP contribution < -0.4 is 5.32 Å². The number of rotatable bonds is 12. The normalized spacial score (nSPS) is 19.4. The fourth-order valence-electron chi connectivity index (χ4n) is 5.44. The fourth-order valence-corrected chi connectivity index (χ4v) is 5.44. The van der Waals surface area contributed by atoms with Crippen LogP contribution in [-0.4, -0.2) is 69.8 Å². The van der Waals surface area contributed by atoms with E-state index in [1.165, 1.54) is 11.1 Å². The van der Waals surface area contributed by atoms with Crippen molar-refractivity contribution < 1.29 is 19.9 Å². The zero-order chi connectivity index (χ0) is 29.3. The molecule has 2 aromatic rings. The van der Waals surface area contributed by atoms with Gasteiger partial charge >= 0.3 is 0 Å². The van der Waals surface area contributed by atoms with Crippen LogP contribution in [0.25, 0.3) is 0 Å². The SMILES string of the molecule is CCCN(CCCCC1(O)CCN(O)CCC1=O)C(C)Cc1cccc(NC(=O)c2ccc(C(C)(C)C)cc2)c1. The lowest BCUT2D eigenvalue weighted by Gasteiger charge is -2.30. The number of carbonyl (C=O) groups excluding carboxylic acids is 2. The summed E-state index contributed by atoms with van der Waals surface area (Å²) in [6, 6.07) is 16.2. The van der Waals surface area contributed by atoms with Gasteiger partial charge in [0.1, 0.15) is 5.60 Å². The van der Waals surface area contributed by atoms with Gasteiger partial charge in [-0.25, -0.2) is 0 Å². The first kappa shape index (κ1) is 31.9. The van der Waals surface area contributed by atoms with Crippen molar-refractivity contribution >= 4 is 17.4 Å². The summed E-state index contributed by atoms with van der Waals surface area (Å²) in [5.41, 5.74) is 2.52. The first-order valence-electron chi connectivity index (χ1n) is 14.9. The summed E-state index contributed by atoms with van der Waals surface area (Å²) in [6.45, 7) is 13.4. The molecule has 0 spiro atoms. The van der Waals surface area contributed by atoms with Crippen LogP contribution in [-0.2, 0) is 16.6 Å². The Morgan fingerprint density at radius 1 is 1.10 bits per heavy atom. The zero-order valence-corrected chi connectivity index (χ0v) is 25.1. The first-order valence-corrected chi connectivity index (χ1v) is 14.9. The average molecular weight is 552 g/mol. The number of hydroxylamine groups is 2. The molecule has 0 bridgehead atoms. The molecule has 2 aromatic carbocycles. The molecule has 7 heteroatoms. The predicted octanol–water partition coefficient (Wildman–Crippen LogP) is 5.83. The van der Waals surface area contributed by atoms with Crippen molar-refractivity contribution in [2.75, 3.05) is 31.5 Å². The minimum absolute atomic E-state index is 0.0451. The van der Waals surface area contributed by atoms with Crippen LogP contribution in [0.15, 0.2) is 48.5 Å². The molecule has 1 fully saturated rings. The summed E-state index contributed by atoms with van der Waals surface area (Å²) < 4.78 is 0. The monoisotopic (exact) mass is 551 g/mol. The van der Waals surface area contributed by atoms with Crippen molar-refractivity contribution in [3.8, 4) is 0 Å². The Kier molecular flexibility index (Phi) is 11.5. The summed E-state index contributed by atoms with van der Waals surface area (Å²) in [4.78, 5) is 27.8. The Hall–Kier alpha value is -2.58. The minimum Gasteiger partial charge on any atom is -0.382 e. The van der Waals surface area contributed by atoms with Gasteiger partial charge in [-0.3, -0.25) is 9.59 Å². The van der Waals surface area contributed by atoms with Gasteiger partial charge < -0.3 is 20.5 Å². The third-order valence-electron chi connectivity index (χ3n) is 8.05. The second-order valence-corrected chi connectivity index (χ2v) is 12.4. The van der Waals surface area contributed by atoms with Crippen molar-refractivity contribution in [2.45, 2.75) is 96.6 Å². The lowest BCUT2D eigenvalue weighted by molar-refractivity contribution is -0.137. The quantitative estimate of drug-likeness (QED) is 0.287. The summed E-state index contributed by atoms with van der Waals surface area (Å²) in [6.07, 6.45) is 4.48. The second-order valence-electron chi connectivity index (χ2n) is 12.4. The van der Waals surface area contributed by atoms with Gasteiger partial charge in [-0.1, -0.05) is 52.0 Å². The zero-order valence-electron chi connectivity index (χ0n) is 25.1. The number of unbranched alkanes of at least 4 members (excludes halogenated alkanes) is 1. The highest BCUT2D eigenvalue weighted by molar-refractivity contribution is 6.04. The maximum atomic E-state index is 12.9. The Bertz CT molecular complexity index is 1110. The molecule has 7 nitrogen and oxygen atoms in total. The average Bonchev–Trinajstić information content (AvgIpc) is 3.04. The van der Waals surface area contributed by atoms with E-state index in [0.717, 1.165) is 49.5 Å². The number of nitrogens with zero attached hydrogens (tertiary/aromatic N) is 2. The first-order chi connectivity index (χ1) is 18.9. The van der Waals surface area contributed by atoms with E-state index in [1.807, 2.05) is 36.4 Å². The van der Waals surface area contributed by atoms with Crippen LogP contribution in [0.5, 0.6) is 0 Å². The predicted molar refractivity (Wildman–Crippen MR) is 161 cm³/mol. The maximum absolute atomic E-state index is 12.9.